The molecular formula is C15H22O2. The Balaban J connectivity index is 2.00. The Morgan fingerprint density at radius 1 is 1.47 bits per heavy atom. The molecule has 0 unspecified atom stereocenters. The van der Waals surface area contributed by atoms with Gasteiger partial charge < -0.3 is 5.11 Å². The molecular weight excluding hydrogens is 212 g/mol. The van der Waals surface area contributed by atoms with Gasteiger partial charge in [-0.15, -0.1) is 0 Å². The smallest absolute Gasteiger partial charge is 0.331 e. The molecule has 94 valence electrons. The lowest BCUT2D eigenvalue weighted by Gasteiger charge is -2.53. The molecule has 0 aromatic heterocycles. The van der Waals surface area contributed by atoms with E-state index in [0.29, 0.717) is 22.3 Å². The van der Waals surface area contributed by atoms with Gasteiger partial charge in [-0.25, -0.2) is 4.79 Å². The molecule has 2 bridgehead atoms. The summed E-state index contributed by atoms with van der Waals surface area (Å²) >= 11 is 0. The Kier molecular flexibility index (Phi) is 2.24. The van der Waals surface area contributed by atoms with Crippen LogP contribution in [0.1, 0.15) is 52.4 Å². The highest BCUT2D eigenvalue weighted by Gasteiger charge is 2.58. The van der Waals surface area contributed by atoms with Crippen molar-refractivity contribution in [2.45, 2.75) is 52.4 Å². The van der Waals surface area contributed by atoms with Crippen molar-refractivity contribution in [2.75, 3.05) is 0 Å². The van der Waals surface area contributed by atoms with Gasteiger partial charge in [-0.1, -0.05) is 26.3 Å². The zero-order valence-corrected chi connectivity index (χ0v) is 10.8. The third kappa shape index (κ3) is 1.36. The van der Waals surface area contributed by atoms with Crippen molar-refractivity contribution < 1.29 is 9.90 Å². The SMILES string of the molecule is CC1(C)CCC[C@H]2C[C@H]3C[C@]21CC=C3C(=O)O. The van der Waals surface area contributed by atoms with Gasteiger partial charge in [0.05, 0.1) is 0 Å². The summed E-state index contributed by atoms with van der Waals surface area (Å²) < 4.78 is 0. The van der Waals surface area contributed by atoms with E-state index in [0.717, 1.165) is 25.2 Å². The van der Waals surface area contributed by atoms with Crippen molar-refractivity contribution in [1.82, 2.24) is 0 Å². The Hall–Kier alpha value is -0.790. The maximum atomic E-state index is 11.2. The van der Waals surface area contributed by atoms with E-state index in [1.165, 1.54) is 19.3 Å². The quantitative estimate of drug-likeness (QED) is 0.752. The highest BCUT2D eigenvalue weighted by atomic mass is 16.4. The van der Waals surface area contributed by atoms with Gasteiger partial charge in [0.1, 0.15) is 0 Å². The van der Waals surface area contributed by atoms with Gasteiger partial charge in [0, 0.05) is 5.57 Å². The second-order valence-electron chi connectivity index (χ2n) is 6.93. The molecule has 2 nitrogen and oxygen atoms in total. The molecule has 0 aromatic carbocycles. The van der Waals surface area contributed by atoms with Gasteiger partial charge in [0.2, 0.25) is 0 Å². The van der Waals surface area contributed by atoms with Crippen molar-refractivity contribution in [3.63, 3.8) is 0 Å². The van der Waals surface area contributed by atoms with Crippen LogP contribution in [-0.2, 0) is 4.79 Å². The van der Waals surface area contributed by atoms with Crippen LogP contribution >= 0.6 is 0 Å². The highest BCUT2D eigenvalue weighted by molar-refractivity contribution is 5.87. The first-order valence-electron chi connectivity index (χ1n) is 6.90. The first-order valence-corrected chi connectivity index (χ1v) is 6.90. The minimum absolute atomic E-state index is 0.337. The number of allylic oxidation sites excluding steroid dienone is 1. The van der Waals surface area contributed by atoms with Gasteiger partial charge in [0.15, 0.2) is 0 Å². The zero-order chi connectivity index (χ0) is 12.3. The van der Waals surface area contributed by atoms with Crippen molar-refractivity contribution in [2.24, 2.45) is 22.7 Å². The number of hydrogen-bond acceptors (Lipinski definition) is 1. The van der Waals surface area contributed by atoms with E-state index in [9.17, 15) is 9.90 Å². The summed E-state index contributed by atoms with van der Waals surface area (Å²) in [6.07, 6.45) is 9.26. The molecule has 0 aliphatic heterocycles. The summed E-state index contributed by atoms with van der Waals surface area (Å²) in [5.41, 5.74) is 1.51. The molecule has 0 saturated heterocycles. The average Bonchev–Trinajstić information content (AvgIpc) is 2.53. The number of rotatable bonds is 1. The molecule has 3 aliphatic rings. The van der Waals surface area contributed by atoms with E-state index in [1.54, 1.807) is 0 Å². The predicted octanol–water partition coefficient (Wildman–Crippen LogP) is 3.62. The van der Waals surface area contributed by atoms with Crippen LogP contribution in [0.15, 0.2) is 11.6 Å². The number of carbonyl (C=O) groups is 1. The van der Waals surface area contributed by atoms with Crippen molar-refractivity contribution in [1.29, 1.82) is 0 Å². The zero-order valence-electron chi connectivity index (χ0n) is 10.8. The first kappa shape index (κ1) is 11.3. The molecule has 3 rings (SSSR count). The monoisotopic (exact) mass is 234 g/mol. The lowest BCUT2D eigenvalue weighted by molar-refractivity contribution is -0.133. The normalized spacial score (nSPS) is 42.8. The van der Waals surface area contributed by atoms with Gasteiger partial charge in [-0.05, 0) is 54.8 Å². The van der Waals surface area contributed by atoms with E-state index >= 15 is 0 Å². The third-order valence-electron chi connectivity index (χ3n) is 6.04. The predicted molar refractivity (Wildman–Crippen MR) is 66.6 cm³/mol. The second-order valence-corrected chi connectivity index (χ2v) is 6.93. The van der Waals surface area contributed by atoms with Crippen LogP contribution in [0.4, 0.5) is 0 Å². The van der Waals surface area contributed by atoms with Gasteiger partial charge in [-0.3, -0.25) is 0 Å². The molecule has 17 heavy (non-hydrogen) atoms. The Bertz CT molecular complexity index is 394. The Labute approximate surface area is 103 Å². The van der Waals surface area contributed by atoms with E-state index in [2.05, 4.69) is 13.8 Å². The fourth-order valence-corrected chi connectivity index (χ4v) is 5.00. The van der Waals surface area contributed by atoms with Crippen LogP contribution in [0.25, 0.3) is 0 Å². The topological polar surface area (TPSA) is 37.3 Å². The van der Waals surface area contributed by atoms with Crippen molar-refractivity contribution >= 4 is 5.97 Å². The van der Waals surface area contributed by atoms with Crippen LogP contribution in [0.5, 0.6) is 0 Å². The average molecular weight is 234 g/mol. The van der Waals surface area contributed by atoms with Crippen LogP contribution in [0.2, 0.25) is 0 Å². The molecule has 3 atom stereocenters. The fraction of sp³-hybridized carbons (Fsp3) is 0.800. The summed E-state index contributed by atoms with van der Waals surface area (Å²) in [5, 5.41) is 9.25. The van der Waals surface area contributed by atoms with Crippen molar-refractivity contribution in [3.8, 4) is 0 Å². The largest absolute Gasteiger partial charge is 0.478 e. The Morgan fingerprint density at radius 2 is 2.24 bits per heavy atom. The molecule has 1 N–H and O–H groups in total. The molecule has 2 saturated carbocycles. The van der Waals surface area contributed by atoms with Crippen LogP contribution < -0.4 is 0 Å². The van der Waals surface area contributed by atoms with E-state index in [-0.39, 0.29) is 0 Å². The number of carboxylic acid groups (broad SMARTS) is 1. The molecule has 1 spiro atoms. The molecule has 2 fully saturated rings. The number of hydrogen-bond donors (Lipinski definition) is 1. The second kappa shape index (κ2) is 3.37. The molecule has 0 amide bonds. The minimum Gasteiger partial charge on any atom is -0.478 e. The standard InChI is InChI=1S/C15H22O2/c1-14(2)6-3-4-11-8-10-9-15(11,14)7-5-12(10)13(16)17/h5,10-11H,3-4,6-9H2,1-2H3,(H,16,17)/t10-,11-,15+/m0/s1. The van der Waals surface area contributed by atoms with E-state index in [1.807, 2.05) is 6.08 Å². The van der Waals surface area contributed by atoms with Gasteiger partial charge in [-0.2, -0.15) is 0 Å². The summed E-state index contributed by atoms with van der Waals surface area (Å²) in [6.45, 7) is 4.81. The maximum Gasteiger partial charge on any atom is 0.331 e. The number of aliphatic carboxylic acids is 1. The van der Waals surface area contributed by atoms with E-state index < -0.39 is 5.97 Å². The molecule has 0 radical (unpaired) electrons. The van der Waals surface area contributed by atoms with E-state index in [4.69, 9.17) is 0 Å². The summed E-state index contributed by atoms with van der Waals surface area (Å²) in [4.78, 5) is 11.2. The van der Waals surface area contributed by atoms with Crippen LogP contribution in [-0.4, -0.2) is 11.1 Å². The summed E-state index contributed by atoms with van der Waals surface area (Å²) in [5.74, 6) is 0.425. The lowest BCUT2D eigenvalue weighted by Crippen LogP contribution is -2.44. The Morgan fingerprint density at radius 3 is 2.94 bits per heavy atom. The third-order valence-corrected chi connectivity index (χ3v) is 6.04. The molecule has 2 heteroatoms. The molecule has 0 aromatic rings. The van der Waals surface area contributed by atoms with Gasteiger partial charge in [0.25, 0.3) is 0 Å². The lowest BCUT2D eigenvalue weighted by atomic mass is 9.52. The van der Waals surface area contributed by atoms with Crippen LogP contribution in [0, 0.1) is 22.7 Å². The first-order chi connectivity index (χ1) is 7.96. The fourth-order valence-electron chi connectivity index (χ4n) is 5.00. The summed E-state index contributed by atoms with van der Waals surface area (Å²) in [7, 11) is 0. The molecule has 3 aliphatic carbocycles. The maximum absolute atomic E-state index is 11.2. The minimum atomic E-state index is -0.679. The number of fused-ring (bicyclic) bond motifs is 1. The highest BCUT2D eigenvalue weighted by Crippen LogP contribution is 2.67. The number of carboxylic acids is 1. The summed E-state index contributed by atoms with van der Waals surface area (Å²) in [6, 6.07) is 0. The van der Waals surface area contributed by atoms with Crippen LogP contribution in [0.3, 0.4) is 0 Å². The van der Waals surface area contributed by atoms with Gasteiger partial charge >= 0.3 is 5.97 Å². The van der Waals surface area contributed by atoms with Crippen molar-refractivity contribution in [3.05, 3.63) is 11.6 Å². The molecule has 0 heterocycles.